The molecule has 5 N–H and O–H groups in total. The van der Waals surface area contributed by atoms with Gasteiger partial charge in [0.15, 0.2) is 11.5 Å². The lowest BCUT2D eigenvalue weighted by Crippen LogP contribution is -2.27. The van der Waals surface area contributed by atoms with Gasteiger partial charge < -0.3 is 21.5 Å². The van der Waals surface area contributed by atoms with Gasteiger partial charge in [0, 0.05) is 18.5 Å². The topological polar surface area (TPSA) is 187 Å². The van der Waals surface area contributed by atoms with Crippen molar-refractivity contribution >= 4 is 17.5 Å². The molecule has 4 heterocycles. The van der Waals surface area contributed by atoms with Crippen LogP contribution in [0.3, 0.4) is 0 Å². The summed E-state index contributed by atoms with van der Waals surface area (Å²) in [4.78, 5) is 39.0. The zero-order valence-corrected chi connectivity index (χ0v) is 20.9. The maximum atomic E-state index is 13.7. The molecule has 0 atom stereocenters. The van der Waals surface area contributed by atoms with Gasteiger partial charge in [0.2, 0.25) is 5.88 Å². The molecule has 17 heteroatoms. The van der Waals surface area contributed by atoms with Gasteiger partial charge in [-0.05, 0) is 30.3 Å². The van der Waals surface area contributed by atoms with Gasteiger partial charge in [0.1, 0.15) is 30.3 Å². The standard InChI is InChI=1S/C24H20F3N11O3/c25-24(26,27)20-19(37-10-6-17(29)35-23(37)40)21(32-13-31-20)30-8-11-41-18-4-7-33-38(18)15-3-1-2-14(12-15)36-9-5-16(28)34-22(36)39/h1-7,9-10,12-13H,8,11H2,(H2,28,34,39)(H2,29,35,40)(H,30,31,32). The zero-order chi connectivity index (χ0) is 29.1. The number of alkyl halides is 3. The molecule has 0 saturated heterocycles. The number of halogens is 3. The number of nitrogens with one attached hydrogen (secondary N) is 1. The average molecular weight is 567 g/mol. The van der Waals surface area contributed by atoms with Crippen molar-refractivity contribution in [1.82, 2.24) is 38.9 Å². The van der Waals surface area contributed by atoms with Crippen LogP contribution in [-0.4, -0.2) is 52.0 Å². The number of aromatic nitrogens is 8. The fourth-order valence-electron chi connectivity index (χ4n) is 3.84. The summed E-state index contributed by atoms with van der Waals surface area (Å²) in [5, 5.41) is 7.00. The third-order valence-electron chi connectivity index (χ3n) is 5.59. The van der Waals surface area contributed by atoms with Crippen molar-refractivity contribution in [3.05, 3.63) is 94.0 Å². The van der Waals surface area contributed by atoms with Crippen LogP contribution in [0.25, 0.3) is 17.1 Å². The molecule has 1 aromatic carbocycles. The van der Waals surface area contributed by atoms with Gasteiger partial charge >= 0.3 is 17.6 Å². The van der Waals surface area contributed by atoms with Crippen LogP contribution in [0.15, 0.2) is 77.0 Å². The van der Waals surface area contributed by atoms with Crippen molar-refractivity contribution in [3.8, 4) is 22.9 Å². The lowest BCUT2D eigenvalue weighted by Gasteiger charge is -2.17. The minimum absolute atomic E-state index is 0.0177. The number of nitrogens with two attached hydrogens (primary N) is 2. The van der Waals surface area contributed by atoms with Crippen LogP contribution < -0.4 is 32.9 Å². The summed E-state index contributed by atoms with van der Waals surface area (Å²) in [6.07, 6.45) is -0.113. The third-order valence-corrected chi connectivity index (χ3v) is 5.59. The lowest BCUT2D eigenvalue weighted by molar-refractivity contribution is -0.141. The maximum absolute atomic E-state index is 13.7. The maximum Gasteiger partial charge on any atom is 0.435 e. The highest BCUT2D eigenvalue weighted by molar-refractivity contribution is 5.59. The van der Waals surface area contributed by atoms with E-state index < -0.39 is 28.9 Å². The molecule has 210 valence electrons. The summed E-state index contributed by atoms with van der Waals surface area (Å²) in [5.41, 5.74) is 8.55. The SMILES string of the molecule is Nc1ccn(-c2cccc(-n3nccc3OCCNc3ncnc(C(F)(F)F)c3-n3ccc(N)nc3=O)c2)c(=O)n1. The summed E-state index contributed by atoms with van der Waals surface area (Å²) >= 11 is 0. The smallest absolute Gasteiger partial charge is 0.435 e. The van der Waals surface area contributed by atoms with E-state index in [1.807, 2.05) is 0 Å². The molecule has 5 aromatic rings. The Balaban J connectivity index is 1.35. The minimum atomic E-state index is -4.89. The Labute approximate surface area is 227 Å². The van der Waals surface area contributed by atoms with Gasteiger partial charge in [-0.3, -0.25) is 9.13 Å². The van der Waals surface area contributed by atoms with Crippen molar-refractivity contribution in [1.29, 1.82) is 0 Å². The number of anilines is 3. The Morgan fingerprint density at radius 3 is 2.27 bits per heavy atom. The van der Waals surface area contributed by atoms with Gasteiger partial charge in [-0.25, -0.2) is 24.2 Å². The summed E-state index contributed by atoms with van der Waals surface area (Å²) in [5.74, 6) is -0.0171. The molecule has 0 aliphatic rings. The lowest BCUT2D eigenvalue weighted by atomic mass is 10.2. The molecule has 0 fully saturated rings. The molecule has 5 rings (SSSR count). The molecule has 4 aromatic heterocycles. The van der Waals surface area contributed by atoms with Crippen molar-refractivity contribution in [2.45, 2.75) is 6.18 Å². The molecule has 0 aliphatic heterocycles. The van der Waals surface area contributed by atoms with E-state index in [9.17, 15) is 22.8 Å². The van der Waals surface area contributed by atoms with E-state index in [-0.39, 0.29) is 30.6 Å². The Morgan fingerprint density at radius 2 is 1.59 bits per heavy atom. The highest BCUT2D eigenvalue weighted by Gasteiger charge is 2.38. The Morgan fingerprint density at radius 1 is 0.902 bits per heavy atom. The second kappa shape index (κ2) is 10.8. The summed E-state index contributed by atoms with van der Waals surface area (Å²) in [7, 11) is 0. The number of nitrogens with zero attached hydrogens (tertiary/aromatic N) is 8. The van der Waals surface area contributed by atoms with Crippen molar-refractivity contribution < 1.29 is 17.9 Å². The first-order chi connectivity index (χ1) is 19.6. The molecule has 41 heavy (non-hydrogen) atoms. The quantitative estimate of drug-likeness (QED) is 0.230. The highest BCUT2D eigenvalue weighted by atomic mass is 19.4. The van der Waals surface area contributed by atoms with Crippen molar-refractivity contribution in [2.75, 3.05) is 29.9 Å². The predicted octanol–water partition coefficient (Wildman–Crippen LogP) is 1.43. The van der Waals surface area contributed by atoms with Gasteiger partial charge in [0.05, 0.1) is 24.1 Å². The van der Waals surface area contributed by atoms with E-state index in [0.29, 0.717) is 21.8 Å². The normalized spacial score (nSPS) is 11.4. The monoisotopic (exact) mass is 567 g/mol. The number of nitrogen functional groups attached to an aromatic ring is 2. The van der Waals surface area contributed by atoms with Crippen LogP contribution in [0, 0.1) is 0 Å². The van der Waals surface area contributed by atoms with Crippen LogP contribution in [0.1, 0.15) is 5.69 Å². The molecule has 0 bridgehead atoms. The molecule has 0 aliphatic carbocycles. The summed E-state index contributed by atoms with van der Waals surface area (Å²) in [6, 6.07) is 11.1. The molecular weight excluding hydrogens is 547 g/mol. The van der Waals surface area contributed by atoms with Gasteiger partial charge in [-0.15, -0.1) is 0 Å². The highest BCUT2D eigenvalue weighted by Crippen LogP contribution is 2.34. The number of hydrogen-bond acceptors (Lipinski definition) is 11. The Bertz CT molecular complexity index is 1830. The van der Waals surface area contributed by atoms with Crippen molar-refractivity contribution in [2.24, 2.45) is 0 Å². The minimum Gasteiger partial charge on any atom is -0.476 e. The summed E-state index contributed by atoms with van der Waals surface area (Å²) < 4.78 is 50.5. The van der Waals surface area contributed by atoms with Gasteiger partial charge in [-0.2, -0.15) is 28.2 Å². The first-order valence-corrected chi connectivity index (χ1v) is 11.8. The number of benzene rings is 1. The van der Waals surface area contributed by atoms with Crippen LogP contribution in [0.5, 0.6) is 5.88 Å². The predicted molar refractivity (Wildman–Crippen MR) is 140 cm³/mol. The van der Waals surface area contributed by atoms with E-state index in [0.717, 1.165) is 12.5 Å². The molecule has 0 amide bonds. The third kappa shape index (κ3) is 5.68. The zero-order valence-electron chi connectivity index (χ0n) is 20.9. The number of ether oxygens (including phenoxy) is 1. The largest absolute Gasteiger partial charge is 0.476 e. The Hall–Kier alpha value is -5.74. The second-order valence-electron chi connectivity index (χ2n) is 8.30. The number of rotatable bonds is 8. The molecule has 0 spiro atoms. The van der Waals surface area contributed by atoms with Crippen LogP contribution >= 0.6 is 0 Å². The molecule has 0 saturated carbocycles. The fourth-order valence-corrected chi connectivity index (χ4v) is 3.84. The van der Waals surface area contributed by atoms with Crippen LogP contribution in [0.4, 0.5) is 30.6 Å². The number of hydrogen-bond donors (Lipinski definition) is 3. The van der Waals surface area contributed by atoms with Crippen LogP contribution in [-0.2, 0) is 6.18 Å². The van der Waals surface area contributed by atoms with Gasteiger partial charge in [-0.1, -0.05) is 6.07 Å². The average Bonchev–Trinajstić information content (AvgIpc) is 3.39. The molecule has 14 nitrogen and oxygen atoms in total. The van der Waals surface area contributed by atoms with Crippen LogP contribution in [0.2, 0.25) is 0 Å². The van der Waals surface area contributed by atoms with Crippen molar-refractivity contribution in [3.63, 3.8) is 0 Å². The molecular formula is C24H20F3N11O3. The fraction of sp³-hybridized carbons (Fsp3) is 0.125. The Kier molecular flexibility index (Phi) is 7.07. The van der Waals surface area contributed by atoms with E-state index in [1.165, 1.54) is 33.8 Å². The first-order valence-electron chi connectivity index (χ1n) is 11.8. The summed E-state index contributed by atoms with van der Waals surface area (Å²) in [6.45, 7) is -0.0530. The molecule has 0 unspecified atom stereocenters. The second-order valence-corrected chi connectivity index (χ2v) is 8.30. The first kappa shape index (κ1) is 26.9. The van der Waals surface area contributed by atoms with Gasteiger partial charge in [0.25, 0.3) is 0 Å². The van der Waals surface area contributed by atoms with E-state index in [1.54, 1.807) is 30.3 Å². The van der Waals surface area contributed by atoms with E-state index in [2.05, 4.69) is 30.4 Å². The van der Waals surface area contributed by atoms with E-state index in [4.69, 9.17) is 16.2 Å². The molecule has 0 radical (unpaired) electrons. The van der Waals surface area contributed by atoms with E-state index >= 15 is 0 Å².